The van der Waals surface area contributed by atoms with Gasteiger partial charge in [0.25, 0.3) is 0 Å². The van der Waals surface area contributed by atoms with Crippen molar-refractivity contribution >= 4 is 27.3 Å². The van der Waals surface area contributed by atoms with Gasteiger partial charge in [-0.15, -0.1) is 0 Å². The molecule has 8 heteroatoms. The van der Waals surface area contributed by atoms with Crippen molar-refractivity contribution in [1.82, 2.24) is 4.90 Å². The summed E-state index contributed by atoms with van der Waals surface area (Å²) in [6.45, 7) is 7.63. The van der Waals surface area contributed by atoms with Gasteiger partial charge in [-0.2, -0.15) is 0 Å². The summed E-state index contributed by atoms with van der Waals surface area (Å²) in [5.41, 5.74) is 5.27. The number of anilines is 2. The van der Waals surface area contributed by atoms with Gasteiger partial charge < -0.3 is 20.6 Å². The number of nitrogens with two attached hydrogens (primary N) is 1. The molecule has 1 saturated heterocycles. The predicted octanol–water partition coefficient (Wildman–Crippen LogP) is 2.67. The molecule has 0 aromatic heterocycles. The molecule has 1 aliphatic heterocycles. The highest BCUT2D eigenvalue weighted by molar-refractivity contribution is 8.33. The Bertz CT molecular complexity index is 614. The molecule has 156 valence electrons. The SMILES string of the molecule is CC(C)(C)S(C)(C)C.Nc1cc(F)c(N2CCN(C(=O)CO)CC2)c(F)c1. The van der Waals surface area contributed by atoms with E-state index >= 15 is 0 Å². The lowest BCUT2D eigenvalue weighted by Crippen LogP contribution is -2.50. The quantitative estimate of drug-likeness (QED) is 0.743. The van der Waals surface area contributed by atoms with Gasteiger partial charge in [0.15, 0.2) is 11.6 Å². The van der Waals surface area contributed by atoms with Gasteiger partial charge in [-0.1, -0.05) is 20.8 Å². The maximum Gasteiger partial charge on any atom is 0.248 e. The van der Waals surface area contributed by atoms with E-state index in [1.54, 1.807) is 0 Å². The van der Waals surface area contributed by atoms with E-state index in [-0.39, 0.29) is 27.3 Å². The van der Waals surface area contributed by atoms with Crippen LogP contribution in [0.5, 0.6) is 0 Å². The fourth-order valence-corrected chi connectivity index (χ4v) is 2.17. The van der Waals surface area contributed by atoms with Crippen LogP contribution in [-0.2, 0) is 4.79 Å². The molecule has 2 rings (SSSR count). The lowest BCUT2D eigenvalue weighted by molar-refractivity contribution is -0.134. The first kappa shape index (κ1) is 23.5. The van der Waals surface area contributed by atoms with E-state index in [4.69, 9.17) is 10.8 Å². The maximum atomic E-state index is 13.7. The first-order valence-corrected chi connectivity index (χ1v) is 11.7. The summed E-state index contributed by atoms with van der Waals surface area (Å²) >= 11 is 0. The summed E-state index contributed by atoms with van der Waals surface area (Å²) in [6.07, 6.45) is 7.06. The average Bonchev–Trinajstić information content (AvgIpc) is 2.52. The summed E-state index contributed by atoms with van der Waals surface area (Å²) in [5, 5.41) is 8.75. The van der Waals surface area contributed by atoms with Gasteiger partial charge in [-0.3, -0.25) is 4.79 Å². The van der Waals surface area contributed by atoms with Crippen LogP contribution >= 0.6 is 10.0 Å². The molecule has 0 unspecified atom stereocenters. The Kier molecular flexibility index (Phi) is 7.92. The minimum atomic E-state index is -0.709. The number of aliphatic hydroxyl groups excluding tert-OH is 1. The molecular weight excluding hydrogens is 372 g/mol. The van der Waals surface area contributed by atoms with Gasteiger partial charge in [0, 0.05) is 31.9 Å². The Morgan fingerprint density at radius 1 is 1.11 bits per heavy atom. The third kappa shape index (κ3) is 6.53. The molecule has 1 aliphatic rings. The molecule has 0 saturated carbocycles. The number of hydrogen-bond donors (Lipinski definition) is 2. The van der Waals surface area contributed by atoms with E-state index in [0.29, 0.717) is 30.9 Å². The van der Waals surface area contributed by atoms with E-state index in [9.17, 15) is 13.6 Å². The number of carbonyl (C=O) groups excluding carboxylic acids is 1. The topological polar surface area (TPSA) is 69.8 Å². The van der Waals surface area contributed by atoms with Gasteiger partial charge in [0.2, 0.25) is 5.91 Å². The zero-order valence-corrected chi connectivity index (χ0v) is 18.0. The van der Waals surface area contributed by atoms with E-state index in [0.717, 1.165) is 12.1 Å². The van der Waals surface area contributed by atoms with E-state index < -0.39 is 18.2 Å². The fourth-order valence-electron chi connectivity index (χ4n) is 2.17. The van der Waals surface area contributed by atoms with E-state index in [2.05, 4.69) is 39.5 Å². The number of nitrogen functional groups attached to an aromatic ring is 1. The normalized spacial score (nSPS) is 15.9. The number of amides is 1. The summed E-state index contributed by atoms with van der Waals surface area (Å²) in [7, 11) is -0.340. The lowest BCUT2D eigenvalue weighted by Gasteiger charge is -2.40. The van der Waals surface area contributed by atoms with E-state index in [1.165, 1.54) is 9.80 Å². The van der Waals surface area contributed by atoms with Crippen molar-refractivity contribution < 1.29 is 18.7 Å². The summed E-state index contributed by atoms with van der Waals surface area (Å²) in [5.74, 6) is -1.79. The zero-order valence-electron chi connectivity index (χ0n) is 17.2. The standard InChI is InChI=1S/C12H15F2N3O2.C7H18S/c13-9-5-8(15)6-10(14)12(9)17-3-1-16(2-4-17)11(19)7-18;1-7(2,3)8(4,5)6/h5-6,18H,1-4,7,15H2;1-6H3. The highest BCUT2D eigenvalue weighted by atomic mass is 32.3. The number of hydrogen-bond acceptors (Lipinski definition) is 4. The third-order valence-electron chi connectivity index (χ3n) is 4.96. The molecule has 5 nitrogen and oxygen atoms in total. The minimum absolute atomic E-state index is 0.0350. The monoisotopic (exact) mass is 405 g/mol. The second-order valence-electron chi connectivity index (χ2n) is 8.31. The highest BCUT2D eigenvalue weighted by Crippen LogP contribution is 2.48. The van der Waals surface area contributed by atoms with Crippen LogP contribution in [0.2, 0.25) is 0 Å². The van der Waals surface area contributed by atoms with Crippen LogP contribution in [0.3, 0.4) is 0 Å². The van der Waals surface area contributed by atoms with Crippen LogP contribution in [0, 0.1) is 11.6 Å². The molecule has 0 spiro atoms. The molecule has 1 heterocycles. The first-order valence-electron chi connectivity index (χ1n) is 8.84. The number of piperazine rings is 1. The smallest absolute Gasteiger partial charge is 0.248 e. The van der Waals surface area contributed by atoms with Crippen LogP contribution in [0.4, 0.5) is 20.2 Å². The molecule has 1 fully saturated rings. The number of aliphatic hydroxyl groups is 1. The average molecular weight is 406 g/mol. The Morgan fingerprint density at radius 3 is 1.85 bits per heavy atom. The molecule has 0 radical (unpaired) electrons. The number of halogens is 2. The van der Waals surface area contributed by atoms with Crippen molar-refractivity contribution in [2.24, 2.45) is 0 Å². The molecule has 0 bridgehead atoms. The fraction of sp³-hybridized carbons (Fsp3) is 0.632. The van der Waals surface area contributed by atoms with Crippen LogP contribution < -0.4 is 10.6 Å². The molecular formula is C19H33F2N3O2S. The van der Waals surface area contributed by atoms with Crippen molar-refractivity contribution in [3.05, 3.63) is 23.8 Å². The second-order valence-corrected chi connectivity index (χ2v) is 13.2. The van der Waals surface area contributed by atoms with Crippen molar-refractivity contribution in [2.75, 3.05) is 62.2 Å². The van der Waals surface area contributed by atoms with Gasteiger partial charge in [0.05, 0.1) is 0 Å². The Balaban J connectivity index is 0.000000387. The Hall–Kier alpha value is -1.54. The molecule has 0 atom stereocenters. The number of rotatable bonds is 2. The van der Waals surface area contributed by atoms with Crippen molar-refractivity contribution in [3.8, 4) is 0 Å². The van der Waals surface area contributed by atoms with Crippen LogP contribution in [0.1, 0.15) is 20.8 Å². The minimum Gasteiger partial charge on any atom is -0.399 e. The first-order chi connectivity index (χ1) is 12.3. The molecule has 27 heavy (non-hydrogen) atoms. The van der Waals surface area contributed by atoms with Crippen LogP contribution in [-0.4, -0.2) is 72.2 Å². The predicted molar refractivity (Wildman–Crippen MR) is 112 cm³/mol. The van der Waals surface area contributed by atoms with Crippen LogP contribution in [0.15, 0.2) is 12.1 Å². The number of carbonyl (C=O) groups is 1. The largest absolute Gasteiger partial charge is 0.399 e. The third-order valence-corrected chi connectivity index (χ3v) is 8.63. The van der Waals surface area contributed by atoms with Crippen molar-refractivity contribution in [2.45, 2.75) is 25.5 Å². The Labute approximate surface area is 162 Å². The molecule has 1 aromatic carbocycles. The summed E-state index contributed by atoms with van der Waals surface area (Å²) in [6, 6.07) is 2.15. The van der Waals surface area contributed by atoms with Gasteiger partial charge >= 0.3 is 0 Å². The van der Waals surface area contributed by atoms with Gasteiger partial charge in [-0.25, -0.2) is 18.8 Å². The lowest BCUT2D eigenvalue weighted by atomic mass is 10.2. The molecule has 1 aromatic rings. The molecule has 1 amide bonds. The Morgan fingerprint density at radius 2 is 1.52 bits per heavy atom. The van der Waals surface area contributed by atoms with Crippen molar-refractivity contribution in [3.63, 3.8) is 0 Å². The van der Waals surface area contributed by atoms with Gasteiger partial charge in [0.1, 0.15) is 12.3 Å². The maximum absolute atomic E-state index is 13.7. The summed E-state index contributed by atoms with van der Waals surface area (Å²) in [4.78, 5) is 14.3. The number of nitrogens with zero attached hydrogens (tertiary/aromatic N) is 2. The van der Waals surface area contributed by atoms with Crippen LogP contribution in [0.25, 0.3) is 0 Å². The zero-order chi connectivity index (χ0) is 21.0. The second kappa shape index (κ2) is 9.10. The number of benzene rings is 1. The van der Waals surface area contributed by atoms with Crippen molar-refractivity contribution in [1.29, 1.82) is 0 Å². The van der Waals surface area contributed by atoms with E-state index in [1.807, 2.05) is 0 Å². The molecule has 3 N–H and O–H groups in total. The molecule has 0 aliphatic carbocycles. The highest BCUT2D eigenvalue weighted by Gasteiger charge is 2.25. The van der Waals surface area contributed by atoms with Gasteiger partial charge in [-0.05, 0) is 35.6 Å². The summed E-state index contributed by atoms with van der Waals surface area (Å²) < 4.78 is 28.0.